The van der Waals surface area contributed by atoms with Gasteiger partial charge in [-0.3, -0.25) is 10.1 Å². The maximum Gasteiger partial charge on any atom is 0.313 e. The Morgan fingerprint density at radius 3 is 2.75 bits per heavy atom. The average molecular weight is 317 g/mol. The molecule has 6 nitrogen and oxygen atoms in total. The Kier molecular flexibility index (Phi) is 4.72. The summed E-state index contributed by atoms with van der Waals surface area (Å²) in [6.07, 6.45) is 3.52. The lowest BCUT2D eigenvalue weighted by Gasteiger charge is -2.23. The Balaban J connectivity index is 2.31. The van der Waals surface area contributed by atoms with Crippen LogP contribution in [0.1, 0.15) is 0 Å². The van der Waals surface area contributed by atoms with Crippen LogP contribution in [0.3, 0.4) is 0 Å². The van der Waals surface area contributed by atoms with E-state index in [1.807, 2.05) is 19.0 Å². The highest BCUT2D eigenvalue weighted by atomic mass is 35.5. The first-order chi connectivity index (χ1) is 9.43. The first kappa shape index (κ1) is 15.3. The van der Waals surface area contributed by atoms with Gasteiger partial charge in [-0.2, -0.15) is 11.8 Å². The number of thioether (sulfide) groups is 1. The highest BCUT2D eigenvalue weighted by molar-refractivity contribution is 7.99. The number of nitro groups is 1. The third kappa shape index (κ3) is 2.99. The summed E-state index contributed by atoms with van der Waals surface area (Å²) in [5, 5.41) is 11.8. The SMILES string of the molecule is CSC1CN(c2ncc(Cl)cc2[N+](=O)[O-])CC1N(C)C. The van der Waals surface area contributed by atoms with Gasteiger partial charge in [-0.25, -0.2) is 4.98 Å². The maximum atomic E-state index is 11.2. The molecule has 0 radical (unpaired) electrons. The van der Waals surface area contributed by atoms with Crippen molar-refractivity contribution >= 4 is 34.9 Å². The number of hydrogen-bond acceptors (Lipinski definition) is 6. The highest BCUT2D eigenvalue weighted by Crippen LogP contribution is 2.33. The van der Waals surface area contributed by atoms with Crippen molar-refractivity contribution in [2.24, 2.45) is 0 Å². The maximum absolute atomic E-state index is 11.2. The minimum absolute atomic E-state index is 0.0308. The molecule has 1 aromatic rings. The summed E-state index contributed by atoms with van der Waals surface area (Å²) in [5.74, 6) is 0.405. The third-order valence-corrected chi connectivity index (χ3v) is 4.79. The second-order valence-corrected chi connectivity index (χ2v) is 6.48. The van der Waals surface area contributed by atoms with Crippen molar-refractivity contribution in [3.8, 4) is 0 Å². The summed E-state index contributed by atoms with van der Waals surface area (Å²) < 4.78 is 0. The van der Waals surface area contributed by atoms with Gasteiger partial charge in [-0.15, -0.1) is 0 Å². The second kappa shape index (κ2) is 6.15. The minimum atomic E-state index is -0.425. The van der Waals surface area contributed by atoms with Crippen molar-refractivity contribution < 1.29 is 4.92 Å². The molecule has 110 valence electrons. The number of rotatable bonds is 4. The van der Waals surface area contributed by atoms with Crippen LogP contribution in [0.4, 0.5) is 11.5 Å². The van der Waals surface area contributed by atoms with Crippen LogP contribution in [-0.4, -0.2) is 59.5 Å². The van der Waals surface area contributed by atoms with Gasteiger partial charge in [-0.05, 0) is 20.4 Å². The van der Waals surface area contributed by atoms with Gasteiger partial charge in [0.1, 0.15) is 0 Å². The molecule has 2 unspecified atom stereocenters. The first-order valence-corrected chi connectivity index (χ1v) is 7.84. The molecule has 1 aliphatic heterocycles. The zero-order valence-electron chi connectivity index (χ0n) is 11.6. The van der Waals surface area contributed by atoms with Crippen molar-refractivity contribution in [3.63, 3.8) is 0 Å². The molecule has 1 fully saturated rings. The molecule has 0 saturated carbocycles. The van der Waals surface area contributed by atoms with Crippen LogP contribution in [-0.2, 0) is 0 Å². The van der Waals surface area contributed by atoms with E-state index >= 15 is 0 Å². The Morgan fingerprint density at radius 1 is 1.55 bits per heavy atom. The summed E-state index contributed by atoms with van der Waals surface area (Å²) >= 11 is 7.58. The van der Waals surface area contributed by atoms with E-state index in [2.05, 4.69) is 16.1 Å². The Bertz CT molecular complexity index is 514. The van der Waals surface area contributed by atoms with Crippen molar-refractivity contribution in [2.45, 2.75) is 11.3 Å². The van der Waals surface area contributed by atoms with Crippen molar-refractivity contribution in [1.82, 2.24) is 9.88 Å². The molecule has 0 amide bonds. The normalized spacial score (nSPS) is 22.6. The lowest BCUT2D eigenvalue weighted by atomic mass is 10.2. The summed E-state index contributed by atoms with van der Waals surface area (Å²) in [7, 11) is 4.06. The molecule has 0 spiro atoms. The largest absolute Gasteiger partial charge is 0.348 e. The van der Waals surface area contributed by atoms with Gasteiger partial charge < -0.3 is 9.80 Å². The molecule has 1 saturated heterocycles. The summed E-state index contributed by atoms with van der Waals surface area (Å²) in [5.41, 5.74) is -0.0308. The van der Waals surface area contributed by atoms with Gasteiger partial charge in [-0.1, -0.05) is 11.6 Å². The van der Waals surface area contributed by atoms with E-state index in [0.29, 0.717) is 17.1 Å². The fourth-order valence-corrected chi connectivity index (χ4v) is 3.58. The molecule has 2 heterocycles. The molecule has 0 bridgehead atoms. The van der Waals surface area contributed by atoms with Crippen molar-refractivity contribution in [3.05, 3.63) is 27.4 Å². The number of likely N-dealkylation sites (N-methyl/N-ethyl adjacent to an activating group) is 1. The molecular formula is C12H17ClN4O2S. The zero-order chi connectivity index (χ0) is 14.9. The van der Waals surface area contributed by atoms with Gasteiger partial charge in [0.15, 0.2) is 0 Å². The number of anilines is 1. The fraction of sp³-hybridized carbons (Fsp3) is 0.583. The van der Waals surface area contributed by atoms with E-state index in [1.165, 1.54) is 12.3 Å². The predicted molar refractivity (Wildman–Crippen MR) is 82.9 cm³/mol. The van der Waals surface area contributed by atoms with Crippen LogP contribution in [0, 0.1) is 10.1 Å². The van der Waals surface area contributed by atoms with Crippen LogP contribution in [0.5, 0.6) is 0 Å². The molecule has 20 heavy (non-hydrogen) atoms. The second-order valence-electron chi connectivity index (χ2n) is 4.96. The number of hydrogen-bond donors (Lipinski definition) is 0. The van der Waals surface area contributed by atoms with E-state index in [9.17, 15) is 10.1 Å². The van der Waals surface area contributed by atoms with Crippen LogP contribution >= 0.6 is 23.4 Å². The molecule has 0 aliphatic carbocycles. The zero-order valence-corrected chi connectivity index (χ0v) is 13.2. The summed E-state index contributed by atoms with van der Waals surface area (Å²) in [4.78, 5) is 19.0. The number of halogens is 1. The molecule has 1 aliphatic rings. The fourth-order valence-electron chi connectivity index (χ4n) is 2.46. The van der Waals surface area contributed by atoms with E-state index in [4.69, 9.17) is 11.6 Å². The summed E-state index contributed by atoms with van der Waals surface area (Å²) in [6, 6.07) is 1.71. The number of pyridine rings is 1. The van der Waals surface area contributed by atoms with E-state index < -0.39 is 4.92 Å². The number of aromatic nitrogens is 1. The topological polar surface area (TPSA) is 62.5 Å². The quantitative estimate of drug-likeness (QED) is 0.626. The molecule has 2 rings (SSSR count). The van der Waals surface area contributed by atoms with Crippen LogP contribution in [0.2, 0.25) is 5.02 Å². The van der Waals surface area contributed by atoms with Gasteiger partial charge in [0.2, 0.25) is 5.82 Å². The predicted octanol–water partition coefficient (Wildman–Crippen LogP) is 2.12. The summed E-state index contributed by atoms with van der Waals surface area (Å²) in [6.45, 7) is 1.48. The highest BCUT2D eigenvalue weighted by Gasteiger charge is 2.36. The lowest BCUT2D eigenvalue weighted by molar-refractivity contribution is -0.384. The molecular weight excluding hydrogens is 300 g/mol. The van der Waals surface area contributed by atoms with Gasteiger partial charge in [0.05, 0.1) is 9.95 Å². The van der Waals surface area contributed by atoms with Crippen molar-refractivity contribution in [1.29, 1.82) is 0 Å². The lowest BCUT2D eigenvalue weighted by Crippen LogP contribution is -2.36. The smallest absolute Gasteiger partial charge is 0.313 e. The third-order valence-electron chi connectivity index (χ3n) is 3.51. The monoisotopic (exact) mass is 316 g/mol. The van der Waals surface area contributed by atoms with E-state index in [0.717, 1.165) is 13.1 Å². The van der Waals surface area contributed by atoms with Gasteiger partial charge >= 0.3 is 5.69 Å². The molecule has 1 aromatic heterocycles. The molecule has 8 heteroatoms. The standard InChI is InChI=1S/C12H17ClN4O2S/c1-15(2)10-6-16(7-11(10)20-3)12-9(17(18)19)4-8(13)5-14-12/h4-5,10-11H,6-7H2,1-3H3. The molecule has 0 aromatic carbocycles. The molecule has 2 atom stereocenters. The van der Waals surface area contributed by atoms with Gasteiger partial charge in [0, 0.05) is 36.6 Å². The van der Waals surface area contributed by atoms with Crippen LogP contribution in [0.25, 0.3) is 0 Å². The Morgan fingerprint density at radius 2 is 2.25 bits per heavy atom. The average Bonchev–Trinajstić information content (AvgIpc) is 2.82. The Hall–Kier alpha value is -1.05. The van der Waals surface area contributed by atoms with Crippen LogP contribution in [0.15, 0.2) is 12.3 Å². The van der Waals surface area contributed by atoms with E-state index in [1.54, 1.807) is 11.8 Å². The van der Waals surface area contributed by atoms with E-state index in [-0.39, 0.29) is 10.7 Å². The first-order valence-electron chi connectivity index (χ1n) is 6.18. The van der Waals surface area contributed by atoms with Gasteiger partial charge in [0.25, 0.3) is 0 Å². The number of nitrogens with zero attached hydrogens (tertiary/aromatic N) is 4. The Labute approximate surface area is 127 Å². The van der Waals surface area contributed by atoms with Crippen LogP contribution < -0.4 is 4.90 Å². The minimum Gasteiger partial charge on any atom is -0.348 e. The van der Waals surface area contributed by atoms with Crippen molar-refractivity contribution in [2.75, 3.05) is 38.3 Å². The molecule has 0 N–H and O–H groups in total.